The Bertz CT molecular complexity index is 1050. The molecule has 1 amide bonds. The minimum atomic E-state index is -0.199. The summed E-state index contributed by atoms with van der Waals surface area (Å²) in [4.78, 5) is 28.9. The molecular formula is C19H24N4O2S. The molecule has 1 atom stereocenters. The molecule has 1 aliphatic rings. The normalized spacial score (nSPS) is 18.1. The van der Waals surface area contributed by atoms with E-state index >= 15 is 0 Å². The fraction of sp³-hybridized carbons (Fsp3) is 0.526. The van der Waals surface area contributed by atoms with Gasteiger partial charge in [0.15, 0.2) is 0 Å². The van der Waals surface area contributed by atoms with Gasteiger partial charge in [-0.3, -0.25) is 14.0 Å². The van der Waals surface area contributed by atoms with Gasteiger partial charge in [-0.1, -0.05) is 6.92 Å². The molecule has 0 spiro atoms. The van der Waals surface area contributed by atoms with Crippen molar-refractivity contribution in [1.82, 2.24) is 19.1 Å². The molecule has 3 aromatic heterocycles. The summed E-state index contributed by atoms with van der Waals surface area (Å²) >= 11 is 1.67. The third-order valence-corrected chi connectivity index (χ3v) is 6.35. The summed E-state index contributed by atoms with van der Waals surface area (Å²) in [7, 11) is 0. The smallest absolute Gasteiger partial charge is 0.291 e. The molecule has 0 aliphatic carbocycles. The van der Waals surface area contributed by atoms with Crippen LogP contribution < -0.4 is 5.56 Å². The average Bonchev–Trinajstić information content (AvgIpc) is 3.15. The number of fused-ring (bicyclic) bond motifs is 3. The van der Waals surface area contributed by atoms with Crippen molar-refractivity contribution >= 4 is 33.0 Å². The lowest BCUT2D eigenvalue weighted by molar-refractivity contribution is -0.135. The maximum absolute atomic E-state index is 12.9. The van der Waals surface area contributed by atoms with Crippen molar-refractivity contribution in [3.63, 3.8) is 0 Å². The number of hydrogen-bond donors (Lipinski definition) is 0. The van der Waals surface area contributed by atoms with Gasteiger partial charge in [-0.2, -0.15) is 5.10 Å². The monoisotopic (exact) mass is 372 g/mol. The van der Waals surface area contributed by atoms with Crippen LogP contribution in [0, 0.1) is 13.8 Å². The molecule has 0 radical (unpaired) electrons. The molecule has 0 N–H and O–H groups in total. The molecule has 6 nitrogen and oxygen atoms in total. The van der Waals surface area contributed by atoms with E-state index in [9.17, 15) is 9.59 Å². The molecule has 0 aromatic carbocycles. The minimum absolute atomic E-state index is 0.000822. The number of rotatable bonds is 3. The quantitative estimate of drug-likeness (QED) is 0.710. The topological polar surface area (TPSA) is 59.6 Å². The summed E-state index contributed by atoms with van der Waals surface area (Å²) in [5, 5.41) is 4.44. The second-order valence-corrected chi connectivity index (χ2v) is 8.41. The van der Waals surface area contributed by atoms with Gasteiger partial charge in [0.1, 0.15) is 17.9 Å². The van der Waals surface area contributed by atoms with Crippen LogP contribution in [0.15, 0.2) is 16.9 Å². The van der Waals surface area contributed by atoms with E-state index in [1.807, 2.05) is 22.3 Å². The molecule has 3 aromatic rings. The Hall–Kier alpha value is -2.15. The number of thiophene rings is 1. The van der Waals surface area contributed by atoms with Crippen LogP contribution in [0.2, 0.25) is 0 Å². The van der Waals surface area contributed by atoms with Gasteiger partial charge in [0, 0.05) is 17.5 Å². The average molecular weight is 372 g/mol. The van der Waals surface area contributed by atoms with Crippen molar-refractivity contribution < 1.29 is 4.79 Å². The molecule has 1 saturated heterocycles. The minimum Gasteiger partial charge on any atom is -0.338 e. The number of carbonyl (C=O) groups excluding carboxylic acids is 1. The first-order valence-corrected chi connectivity index (χ1v) is 10.1. The van der Waals surface area contributed by atoms with E-state index < -0.39 is 0 Å². The predicted octanol–water partition coefficient (Wildman–Crippen LogP) is 3.12. The maximum Gasteiger partial charge on any atom is 0.291 e. The highest BCUT2D eigenvalue weighted by Gasteiger charge is 2.26. The van der Waals surface area contributed by atoms with E-state index in [4.69, 9.17) is 0 Å². The lowest BCUT2D eigenvalue weighted by atomic mass is 10.00. The number of aromatic nitrogens is 3. The summed E-state index contributed by atoms with van der Waals surface area (Å²) in [6, 6.07) is 4.29. The molecule has 7 heteroatoms. The number of likely N-dealkylation sites (tertiary alicyclic amines) is 1. The molecule has 4 heterocycles. The van der Waals surface area contributed by atoms with Gasteiger partial charge in [0.25, 0.3) is 5.56 Å². The lowest BCUT2D eigenvalue weighted by Gasteiger charge is -2.35. The van der Waals surface area contributed by atoms with Crippen LogP contribution in [0.4, 0.5) is 0 Å². The first-order valence-electron chi connectivity index (χ1n) is 9.28. The van der Waals surface area contributed by atoms with Gasteiger partial charge in [-0.25, -0.2) is 4.68 Å². The van der Waals surface area contributed by atoms with E-state index in [0.29, 0.717) is 11.6 Å². The van der Waals surface area contributed by atoms with Gasteiger partial charge >= 0.3 is 0 Å². The molecule has 0 bridgehead atoms. The van der Waals surface area contributed by atoms with Gasteiger partial charge in [-0.15, -0.1) is 11.3 Å². The largest absolute Gasteiger partial charge is 0.338 e. The van der Waals surface area contributed by atoms with Crippen molar-refractivity contribution in [2.24, 2.45) is 0 Å². The second kappa shape index (κ2) is 6.54. The molecule has 0 unspecified atom stereocenters. The van der Waals surface area contributed by atoms with E-state index in [1.54, 1.807) is 11.3 Å². The van der Waals surface area contributed by atoms with Gasteiger partial charge < -0.3 is 4.90 Å². The number of piperidine rings is 1. The Kier molecular flexibility index (Phi) is 4.34. The molecule has 0 saturated carbocycles. The second-order valence-electron chi connectivity index (χ2n) is 7.13. The number of nitrogens with zero attached hydrogens (tertiary/aromatic N) is 4. The van der Waals surface area contributed by atoms with Crippen molar-refractivity contribution in [1.29, 1.82) is 0 Å². The summed E-state index contributed by atoms with van der Waals surface area (Å²) in [5.74, 6) is 0.727. The molecule has 26 heavy (non-hydrogen) atoms. The van der Waals surface area contributed by atoms with E-state index in [2.05, 4.69) is 25.0 Å². The van der Waals surface area contributed by atoms with Crippen LogP contribution in [-0.4, -0.2) is 37.6 Å². The van der Waals surface area contributed by atoms with Crippen LogP contribution in [0.25, 0.3) is 15.7 Å². The van der Waals surface area contributed by atoms with Crippen molar-refractivity contribution in [2.45, 2.75) is 59.0 Å². The van der Waals surface area contributed by atoms with E-state index in [1.165, 1.54) is 16.0 Å². The predicted molar refractivity (Wildman–Crippen MR) is 104 cm³/mol. The number of amides is 1. The molecule has 4 rings (SSSR count). The Balaban J connectivity index is 1.71. The third kappa shape index (κ3) is 2.74. The van der Waals surface area contributed by atoms with Crippen LogP contribution in [0.1, 0.15) is 43.3 Å². The SMILES string of the molecule is CC[C@H]1CCCCN1C(=O)Cn1nc(C)n2c(cc3sc(C)cc32)c1=O. The molecule has 138 valence electrons. The highest BCUT2D eigenvalue weighted by molar-refractivity contribution is 7.19. The summed E-state index contributed by atoms with van der Waals surface area (Å²) in [5.41, 5.74) is 1.41. The van der Waals surface area contributed by atoms with Crippen LogP contribution in [0.3, 0.4) is 0 Å². The Morgan fingerprint density at radius 2 is 2.08 bits per heavy atom. The fourth-order valence-electron chi connectivity index (χ4n) is 4.10. The van der Waals surface area contributed by atoms with Crippen LogP contribution in [0.5, 0.6) is 0 Å². The number of hydrogen-bond acceptors (Lipinski definition) is 4. The zero-order valence-electron chi connectivity index (χ0n) is 15.5. The van der Waals surface area contributed by atoms with Crippen LogP contribution >= 0.6 is 11.3 Å². The van der Waals surface area contributed by atoms with Crippen molar-refractivity contribution in [3.05, 3.63) is 33.2 Å². The molecule has 1 fully saturated rings. The summed E-state index contributed by atoms with van der Waals surface area (Å²) in [6.07, 6.45) is 4.22. The zero-order chi connectivity index (χ0) is 18.4. The number of aryl methyl sites for hydroxylation is 2. The Labute approximate surface area is 156 Å². The molecular weight excluding hydrogens is 348 g/mol. The first-order chi connectivity index (χ1) is 12.5. The van der Waals surface area contributed by atoms with Gasteiger partial charge in [0.05, 0.1) is 10.2 Å². The standard InChI is InChI=1S/C19H24N4O2S/c1-4-14-7-5-6-8-21(14)18(24)11-22-19(25)16-10-17-15(9-12(2)26-17)23(16)13(3)20-22/h9-10,14H,4-8,11H2,1-3H3/t14-/m0/s1. The van der Waals surface area contributed by atoms with Gasteiger partial charge in [0.2, 0.25) is 5.91 Å². The van der Waals surface area contributed by atoms with Crippen molar-refractivity contribution in [2.75, 3.05) is 6.54 Å². The maximum atomic E-state index is 12.9. The number of carbonyl (C=O) groups is 1. The van der Waals surface area contributed by atoms with E-state index in [-0.39, 0.29) is 18.0 Å². The Morgan fingerprint density at radius 3 is 2.85 bits per heavy atom. The summed E-state index contributed by atoms with van der Waals surface area (Å²) < 4.78 is 4.32. The molecule has 1 aliphatic heterocycles. The third-order valence-electron chi connectivity index (χ3n) is 5.36. The van der Waals surface area contributed by atoms with Crippen LogP contribution in [-0.2, 0) is 11.3 Å². The first kappa shape index (κ1) is 17.3. The van der Waals surface area contributed by atoms with E-state index in [0.717, 1.165) is 41.8 Å². The highest BCUT2D eigenvalue weighted by atomic mass is 32.1. The van der Waals surface area contributed by atoms with Crippen molar-refractivity contribution in [3.8, 4) is 0 Å². The highest BCUT2D eigenvalue weighted by Crippen LogP contribution is 2.28. The Morgan fingerprint density at radius 1 is 1.27 bits per heavy atom. The fourth-order valence-corrected chi connectivity index (χ4v) is 5.04. The van der Waals surface area contributed by atoms with Gasteiger partial charge in [-0.05, 0) is 51.7 Å². The zero-order valence-corrected chi connectivity index (χ0v) is 16.3. The summed E-state index contributed by atoms with van der Waals surface area (Å²) in [6.45, 7) is 6.86. The lowest BCUT2D eigenvalue weighted by Crippen LogP contribution is -2.46.